The van der Waals surface area contributed by atoms with E-state index in [2.05, 4.69) is 6.07 Å². The predicted octanol–water partition coefficient (Wildman–Crippen LogP) is 2.63. The zero-order valence-corrected chi connectivity index (χ0v) is 7.59. The number of rotatable bonds is 0. The van der Waals surface area contributed by atoms with Crippen molar-refractivity contribution in [2.75, 3.05) is 0 Å². The summed E-state index contributed by atoms with van der Waals surface area (Å²) in [7, 11) is 0. The molecule has 56 valence electrons. The summed E-state index contributed by atoms with van der Waals surface area (Å²) in [5.41, 5.74) is 1.21. The molecule has 2 rings (SSSR count). The third-order valence-corrected chi connectivity index (χ3v) is 3.58. The summed E-state index contributed by atoms with van der Waals surface area (Å²) >= 11 is 2.65. The monoisotopic (exact) mass is 182 g/mol. The molecule has 0 aliphatic heterocycles. The van der Waals surface area contributed by atoms with Crippen LogP contribution in [0.4, 0.5) is 0 Å². The molecule has 0 bridgehead atoms. The van der Waals surface area contributed by atoms with Gasteiger partial charge in [-0.3, -0.25) is 4.79 Å². The van der Waals surface area contributed by atoms with Crippen LogP contribution in [0.1, 0.15) is 5.56 Å². The Bertz CT molecular complexity index is 439. The van der Waals surface area contributed by atoms with E-state index in [1.165, 1.54) is 28.2 Å². The minimum absolute atomic E-state index is 0.186. The minimum atomic E-state index is 0.186. The minimum Gasteiger partial charge on any atom is -0.265 e. The van der Waals surface area contributed by atoms with Crippen molar-refractivity contribution in [3.05, 3.63) is 32.6 Å². The third kappa shape index (κ3) is 1.21. The molecule has 2 aromatic rings. The zero-order valence-electron chi connectivity index (χ0n) is 5.96. The molecule has 0 aliphatic rings. The van der Waals surface area contributed by atoms with Gasteiger partial charge in [-0.2, -0.15) is 0 Å². The Balaban J connectivity index is 2.92. The van der Waals surface area contributed by atoms with E-state index in [4.69, 9.17) is 0 Å². The van der Waals surface area contributed by atoms with E-state index in [0.717, 1.165) is 9.40 Å². The second-order valence-electron chi connectivity index (χ2n) is 2.40. The fourth-order valence-corrected chi connectivity index (χ4v) is 3.00. The molecule has 1 aromatic carbocycles. The highest BCUT2D eigenvalue weighted by Gasteiger charge is 1.98. The Hall–Kier alpha value is -0.670. The predicted molar refractivity (Wildman–Crippen MR) is 50.7 cm³/mol. The third-order valence-electron chi connectivity index (χ3n) is 1.49. The normalized spacial score (nSPS) is 10.6. The van der Waals surface area contributed by atoms with Crippen LogP contribution in [0, 0.1) is 6.92 Å². The lowest BCUT2D eigenvalue weighted by molar-refractivity contribution is 1.52. The number of hydrogen-bond donors (Lipinski definition) is 0. The topological polar surface area (TPSA) is 17.1 Å². The molecule has 0 saturated heterocycles. The van der Waals surface area contributed by atoms with E-state index >= 15 is 0 Å². The summed E-state index contributed by atoms with van der Waals surface area (Å²) in [5, 5.41) is 0. The molecule has 1 aromatic heterocycles. The standard InChI is InChI=1S/C8H6OS2/c1-5-2-3-6-7(4-5)11-8(9)10-6/h2-4H,1H3. The first-order chi connectivity index (χ1) is 5.25. The van der Waals surface area contributed by atoms with Crippen LogP contribution in [-0.2, 0) is 0 Å². The summed E-state index contributed by atoms with van der Waals surface area (Å²) in [6.07, 6.45) is 0. The van der Waals surface area contributed by atoms with Crippen LogP contribution in [0.5, 0.6) is 0 Å². The van der Waals surface area contributed by atoms with Crippen LogP contribution in [0.25, 0.3) is 9.40 Å². The highest BCUT2D eigenvalue weighted by Crippen LogP contribution is 2.21. The quantitative estimate of drug-likeness (QED) is 0.612. The van der Waals surface area contributed by atoms with Gasteiger partial charge in [-0.1, -0.05) is 28.7 Å². The van der Waals surface area contributed by atoms with E-state index in [-0.39, 0.29) is 4.06 Å². The van der Waals surface area contributed by atoms with Crippen molar-refractivity contribution < 1.29 is 0 Å². The Morgan fingerprint density at radius 3 is 2.73 bits per heavy atom. The summed E-state index contributed by atoms with van der Waals surface area (Å²) in [6, 6.07) is 6.09. The smallest absolute Gasteiger partial charge is 0.265 e. The van der Waals surface area contributed by atoms with Gasteiger partial charge in [0.15, 0.2) is 0 Å². The van der Waals surface area contributed by atoms with Crippen molar-refractivity contribution in [2.45, 2.75) is 6.92 Å². The van der Waals surface area contributed by atoms with E-state index in [1.54, 1.807) is 0 Å². The van der Waals surface area contributed by atoms with Crippen molar-refractivity contribution in [1.29, 1.82) is 0 Å². The molecule has 3 heteroatoms. The van der Waals surface area contributed by atoms with E-state index in [1.807, 2.05) is 19.1 Å². The van der Waals surface area contributed by atoms with Gasteiger partial charge >= 0.3 is 0 Å². The Labute approximate surface area is 71.9 Å². The van der Waals surface area contributed by atoms with Crippen molar-refractivity contribution in [3.8, 4) is 0 Å². The molecule has 0 saturated carbocycles. The van der Waals surface area contributed by atoms with Crippen LogP contribution in [0.2, 0.25) is 0 Å². The summed E-state index contributed by atoms with van der Waals surface area (Å²) in [5.74, 6) is 0. The first-order valence-corrected chi connectivity index (χ1v) is 4.89. The van der Waals surface area contributed by atoms with Crippen LogP contribution in [-0.4, -0.2) is 0 Å². The number of benzene rings is 1. The molecule has 0 unspecified atom stereocenters. The van der Waals surface area contributed by atoms with Gasteiger partial charge in [-0.15, -0.1) is 0 Å². The average Bonchev–Trinajstić information content (AvgIpc) is 2.27. The Morgan fingerprint density at radius 2 is 1.91 bits per heavy atom. The van der Waals surface area contributed by atoms with Gasteiger partial charge < -0.3 is 0 Å². The number of hydrogen-bond acceptors (Lipinski definition) is 3. The largest absolute Gasteiger partial charge is 0.288 e. The molecule has 0 amide bonds. The second kappa shape index (κ2) is 2.43. The Kier molecular flexibility index (Phi) is 1.55. The van der Waals surface area contributed by atoms with E-state index < -0.39 is 0 Å². The van der Waals surface area contributed by atoms with Gasteiger partial charge in [0, 0.05) is 9.40 Å². The highest BCUT2D eigenvalue weighted by atomic mass is 32.2. The lowest BCUT2D eigenvalue weighted by atomic mass is 10.2. The maximum absolute atomic E-state index is 10.9. The highest BCUT2D eigenvalue weighted by molar-refractivity contribution is 7.35. The molecular weight excluding hydrogens is 176 g/mol. The molecular formula is C8H6OS2. The van der Waals surface area contributed by atoms with Crippen LogP contribution in [0.3, 0.4) is 0 Å². The molecule has 0 fully saturated rings. The van der Waals surface area contributed by atoms with Gasteiger partial charge in [0.25, 0.3) is 4.06 Å². The lowest BCUT2D eigenvalue weighted by Crippen LogP contribution is -1.72. The average molecular weight is 182 g/mol. The first kappa shape index (κ1) is 7.00. The molecule has 0 spiro atoms. The molecule has 1 heterocycles. The zero-order chi connectivity index (χ0) is 7.84. The summed E-state index contributed by atoms with van der Waals surface area (Å²) in [4.78, 5) is 10.9. The molecule has 1 nitrogen and oxygen atoms in total. The molecule has 0 N–H and O–H groups in total. The maximum atomic E-state index is 10.9. The van der Waals surface area contributed by atoms with E-state index in [0.29, 0.717) is 0 Å². The number of aryl methyl sites for hydroxylation is 1. The van der Waals surface area contributed by atoms with Crippen LogP contribution >= 0.6 is 22.7 Å². The van der Waals surface area contributed by atoms with Crippen molar-refractivity contribution in [2.24, 2.45) is 0 Å². The summed E-state index contributed by atoms with van der Waals surface area (Å²) in [6.45, 7) is 2.04. The molecule has 11 heavy (non-hydrogen) atoms. The molecule has 0 atom stereocenters. The summed E-state index contributed by atoms with van der Waals surface area (Å²) < 4.78 is 2.40. The molecule has 0 radical (unpaired) electrons. The number of fused-ring (bicyclic) bond motifs is 1. The SMILES string of the molecule is Cc1ccc2sc(=O)sc2c1. The maximum Gasteiger partial charge on any atom is 0.288 e. The first-order valence-electron chi connectivity index (χ1n) is 3.26. The van der Waals surface area contributed by atoms with Gasteiger partial charge in [-0.05, 0) is 24.6 Å². The van der Waals surface area contributed by atoms with Gasteiger partial charge in [0.05, 0.1) is 0 Å². The van der Waals surface area contributed by atoms with Gasteiger partial charge in [0.1, 0.15) is 0 Å². The second-order valence-corrected chi connectivity index (χ2v) is 4.69. The Morgan fingerprint density at radius 1 is 1.18 bits per heavy atom. The van der Waals surface area contributed by atoms with Crippen LogP contribution < -0.4 is 4.06 Å². The lowest BCUT2D eigenvalue weighted by Gasteiger charge is -1.88. The van der Waals surface area contributed by atoms with Crippen LogP contribution in [0.15, 0.2) is 23.0 Å². The molecule has 0 aliphatic carbocycles. The van der Waals surface area contributed by atoms with Crippen molar-refractivity contribution >= 4 is 32.1 Å². The fraction of sp³-hybridized carbons (Fsp3) is 0.125. The van der Waals surface area contributed by atoms with Gasteiger partial charge in [0.2, 0.25) is 0 Å². The van der Waals surface area contributed by atoms with Crippen molar-refractivity contribution in [3.63, 3.8) is 0 Å². The van der Waals surface area contributed by atoms with Gasteiger partial charge in [-0.25, -0.2) is 0 Å². The fourth-order valence-electron chi connectivity index (χ4n) is 0.980. The van der Waals surface area contributed by atoms with Crippen molar-refractivity contribution in [1.82, 2.24) is 0 Å². The van der Waals surface area contributed by atoms with E-state index in [9.17, 15) is 4.79 Å².